The second-order valence-electron chi connectivity index (χ2n) is 10.9. The minimum atomic E-state index is -0.985. The van der Waals surface area contributed by atoms with Crippen molar-refractivity contribution < 1.29 is 28.9 Å². The number of hydrogen-bond acceptors (Lipinski definition) is 10. The molecule has 0 saturated carbocycles. The van der Waals surface area contributed by atoms with Crippen molar-refractivity contribution in [3.8, 4) is 17.2 Å². The molecule has 3 heterocycles. The Labute approximate surface area is 273 Å². The van der Waals surface area contributed by atoms with E-state index in [4.69, 9.17) is 25.8 Å². The van der Waals surface area contributed by atoms with Gasteiger partial charge in [-0.3, -0.25) is 14.5 Å². The van der Waals surface area contributed by atoms with E-state index < -0.39 is 17.7 Å². The maximum absolute atomic E-state index is 13.7. The number of ether oxygens (including phenoxy) is 3. The number of aromatic nitrogens is 2. The number of thioether (sulfide) groups is 1. The number of aliphatic hydroxyl groups is 1. The first-order valence-electron chi connectivity index (χ1n) is 14.4. The molecule has 0 radical (unpaired) electrons. The highest BCUT2D eigenvalue weighted by Crippen LogP contribution is 2.45. The Balaban J connectivity index is 1.38. The molecule has 0 spiro atoms. The fourth-order valence-electron chi connectivity index (χ4n) is 4.99. The molecule has 2 aliphatic heterocycles. The zero-order valence-electron chi connectivity index (χ0n) is 24.6. The van der Waals surface area contributed by atoms with Crippen LogP contribution < -0.4 is 19.1 Å². The largest absolute Gasteiger partial charge is 0.507 e. The Morgan fingerprint density at radius 2 is 1.87 bits per heavy atom. The van der Waals surface area contributed by atoms with Gasteiger partial charge in [0.15, 0.2) is 15.8 Å². The summed E-state index contributed by atoms with van der Waals surface area (Å²) in [6.07, 6.45) is 0.867. The fourth-order valence-corrected chi connectivity index (χ4v) is 7.14. The van der Waals surface area contributed by atoms with Gasteiger partial charge in [0, 0.05) is 16.3 Å². The average Bonchev–Trinajstić information content (AvgIpc) is 3.61. The van der Waals surface area contributed by atoms with Crippen LogP contribution in [0.2, 0.25) is 5.02 Å². The van der Waals surface area contributed by atoms with E-state index in [-0.39, 0.29) is 16.5 Å². The van der Waals surface area contributed by atoms with Crippen LogP contribution in [0.3, 0.4) is 0 Å². The van der Waals surface area contributed by atoms with Gasteiger partial charge >= 0.3 is 5.91 Å². The summed E-state index contributed by atoms with van der Waals surface area (Å²) >= 11 is 8.94. The quantitative estimate of drug-likeness (QED) is 0.0614. The van der Waals surface area contributed by atoms with Gasteiger partial charge in [-0.1, -0.05) is 78.9 Å². The first-order valence-corrected chi connectivity index (χ1v) is 16.6. The molecule has 1 unspecified atom stereocenters. The van der Waals surface area contributed by atoms with E-state index in [1.807, 2.05) is 30.3 Å². The minimum absolute atomic E-state index is 0.0727. The summed E-state index contributed by atoms with van der Waals surface area (Å²) in [7, 11) is 0. The van der Waals surface area contributed by atoms with E-state index in [1.165, 1.54) is 28.0 Å². The van der Waals surface area contributed by atoms with E-state index in [2.05, 4.69) is 24.0 Å². The maximum atomic E-state index is 13.7. The van der Waals surface area contributed by atoms with Crippen LogP contribution >= 0.6 is 34.7 Å². The van der Waals surface area contributed by atoms with Gasteiger partial charge in [0.1, 0.15) is 24.7 Å². The lowest BCUT2D eigenvalue weighted by atomic mass is 9.95. The zero-order valence-corrected chi connectivity index (χ0v) is 27.0. The number of rotatable bonds is 10. The predicted molar refractivity (Wildman–Crippen MR) is 175 cm³/mol. The van der Waals surface area contributed by atoms with E-state index >= 15 is 0 Å². The number of carbonyl (C=O) groups is 2. The third kappa shape index (κ3) is 6.66. The van der Waals surface area contributed by atoms with Gasteiger partial charge in [0.05, 0.1) is 18.2 Å². The lowest BCUT2D eigenvalue weighted by Gasteiger charge is -2.23. The number of anilines is 1. The number of nitrogens with zero attached hydrogens (tertiary/aromatic N) is 3. The molecule has 12 heteroatoms. The molecule has 232 valence electrons. The van der Waals surface area contributed by atoms with Crippen LogP contribution in [-0.2, 0) is 15.3 Å². The van der Waals surface area contributed by atoms with Crippen molar-refractivity contribution in [2.45, 2.75) is 36.4 Å². The number of amides is 1. The Kier molecular flexibility index (Phi) is 9.29. The lowest BCUT2D eigenvalue weighted by molar-refractivity contribution is -0.132. The number of Topliss-reactive ketones (excluding diaryl/α,β-unsaturated/α-hetero) is 1. The standard InChI is InChI=1S/C33H30ClN3O6S2/c1-19(2)12-13-41-23-8-5-7-20(16-23)28-27(29(38)21-10-11-25-26(17-21)43-15-14-42-25)30(39)31(40)37(28)32-35-36-33(45-32)44-18-22-6-3-4-9-24(22)34/h3-11,16-17,19,28,38H,12-15,18H2,1-2H3. The van der Waals surface area contributed by atoms with Crippen molar-refractivity contribution in [3.05, 3.63) is 94.0 Å². The van der Waals surface area contributed by atoms with E-state index in [1.54, 1.807) is 36.4 Å². The molecule has 4 aromatic rings. The van der Waals surface area contributed by atoms with Gasteiger partial charge in [-0.25, -0.2) is 0 Å². The van der Waals surface area contributed by atoms with Crippen LogP contribution in [-0.4, -0.2) is 46.8 Å². The zero-order chi connectivity index (χ0) is 31.5. The maximum Gasteiger partial charge on any atom is 0.301 e. The molecule has 1 aromatic heterocycles. The first kappa shape index (κ1) is 30.9. The normalized spacial score (nSPS) is 17.2. The molecule has 1 N–H and O–H groups in total. The molecule has 0 aliphatic carbocycles. The Bertz CT molecular complexity index is 1770. The van der Waals surface area contributed by atoms with Crippen molar-refractivity contribution in [1.29, 1.82) is 0 Å². The van der Waals surface area contributed by atoms with E-state index in [0.717, 1.165) is 12.0 Å². The minimum Gasteiger partial charge on any atom is -0.507 e. The van der Waals surface area contributed by atoms with Crippen LogP contribution in [0.5, 0.6) is 17.2 Å². The number of fused-ring (bicyclic) bond motifs is 1. The third-order valence-electron chi connectivity index (χ3n) is 7.31. The van der Waals surface area contributed by atoms with Crippen molar-refractivity contribution in [2.24, 2.45) is 5.92 Å². The van der Waals surface area contributed by atoms with Gasteiger partial charge in [-0.15, -0.1) is 10.2 Å². The summed E-state index contributed by atoms with van der Waals surface area (Å²) < 4.78 is 17.9. The SMILES string of the molecule is CC(C)CCOc1cccc(C2C(=C(O)c3ccc4c(c3)OCCO4)C(=O)C(=O)N2c2nnc(SCc3ccccc3Cl)s2)c1. The molecule has 1 fully saturated rings. The summed E-state index contributed by atoms with van der Waals surface area (Å²) in [6, 6.07) is 18.7. The predicted octanol–water partition coefficient (Wildman–Crippen LogP) is 7.31. The lowest BCUT2D eigenvalue weighted by Crippen LogP contribution is -2.29. The number of hydrogen-bond donors (Lipinski definition) is 1. The topological polar surface area (TPSA) is 111 Å². The van der Waals surface area contributed by atoms with E-state index in [0.29, 0.717) is 69.2 Å². The molecule has 6 rings (SSSR count). The first-order chi connectivity index (χ1) is 21.8. The highest BCUT2D eigenvalue weighted by atomic mass is 35.5. The van der Waals surface area contributed by atoms with E-state index in [9.17, 15) is 14.7 Å². The van der Waals surface area contributed by atoms with Crippen molar-refractivity contribution in [1.82, 2.24) is 10.2 Å². The van der Waals surface area contributed by atoms with Crippen molar-refractivity contribution >= 4 is 57.3 Å². The summed E-state index contributed by atoms with van der Waals surface area (Å²) in [5.41, 5.74) is 1.77. The summed E-state index contributed by atoms with van der Waals surface area (Å²) in [6.45, 7) is 5.53. The number of aliphatic hydroxyl groups excluding tert-OH is 1. The summed E-state index contributed by atoms with van der Waals surface area (Å²) in [4.78, 5) is 28.7. The fraction of sp³-hybridized carbons (Fsp3) is 0.273. The molecule has 1 saturated heterocycles. The van der Waals surface area contributed by atoms with Crippen LogP contribution in [0, 0.1) is 5.92 Å². The second kappa shape index (κ2) is 13.5. The number of halogens is 1. The molecule has 2 aliphatic rings. The summed E-state index contributed by atoms with van der Waals surface area (Å²) in [5, 5.41) is 21.1. The van der Waals surface area contributed by atoms with Gasteiger partial charge < -0.3 is 19.3 Å². The smallest absolute Gasteiger partial charge is 0.301 e. The highest BCUT2D eigenvalue weighted by Gasteiger charge is 2.48. The number of benzene rings is 3. The van der Waals surface area contributed by atoms with Crippen LogP contribution in [0.4, 0.5) is 5.13 Å². The molecular formula is C33H30ClN3O6S2. The monoisotopic (exact) mass is 663 g/mol. The highest BCUT2D eigenvalue weighted by molar-refractivity contribution is 8.00. The molecular weight excluding hydrogens is 634 g/mol. The number of ketones is 1. The molecule has 0 bridgehead atoms. The summed E-state index contributed by atoms with van der Waals surface area (Å²) in [5.74, 6) is 0.610. The Morgan fingerprint density at radius 1 is 1.07 bits per heavy atom. The van der Waals surface area contributed by atoms with Crippen molar-refractivity contribution in [2.75, 3.05) is 24.7 Å². The molecule has 1 atom stereocenters. The van der Waals surface area contributed by atoms with Crippen LogP contribution in [0.15, 0.2) is 76.6 Å². The number of carbonyl (C=O) groups excluding carboxylic acids is 2. The van der Waals surface area contributed by atoms with Gasteiger partial charge in [-0.2, -0.15) is 0 Å². The molecule has 3 aromatic carbocycles. The molecule has 9 nitrogen and oxygen atoms in total. The van der Waals surface area contributed by atoms with Crippen LogP contribution in [0.1, 0.15) is 43.0 Å². The van der Waals surface area contributed by atoms with Gasteiger partial charge in [0.2, 0.25) is 5.13 Å². The third-order valence-corrected chi connectivity index (χ3v) is 9.78. The Hall–Kier alpha value is -4.06. The van der Waals surface area contributed by atoms with Gasteiger partial charge in [0.25, 0.3) is 5.78 Å². The van der Waals surface area contributed by atoms with Gasteiger partial charge in [-0.05, 0) is 59.9 Å². The average molecular weight is 664 g/mol. The Morgan fingerprint density at radius 3 is 2.67 bits per heavy atom. The van der Waals surface area contributed by atoms with Crippen molar-refractivity contribution in [3.63, 3.8) is 0 Å². The molecule has 1 amide bonds. The van der Waals surface area contributed by atoms with Crippen LogP contribution in [0.25, 0.3) is 5.76 Å². The molecule has 45 heavy (non-hydrogen) atoms. The second-order valence-corrected chi connectivity index (χ2v) is 13.4.